The number of furan rings is 1. The smallest absolute Gasteiger partial charge is 0.274 e. The molecule has 0 aliphatic heterocycles. The monoisotopic (exact) mass is 246 g/mol. The predicted octanol–water partition coefficient (Wildman–Crippen LogP) is 2.49. The number of carbonyl (C=O) groups is 1. The molecule has 1 N–H and O–H groups in total. The molecule has 1 amide bonds. The van der Waals surface area contributed by atoms with Crippen molar-refractivity contribution in [2.75, 3.05) is 0 Å². The second kappa shape index (κ2) is 5.27. The van der Waals surface area contributed by atoms with Crippen LogP contribution >= 0.6 is 0 Å². The normalized spacial score (nSPS) is 10.8. The Morgan fingerprint density at radius 1 is 1.44 bits per heavy atom. The third kappa shape index (κ3) is 2.82. The highest BCUT2D eigenvalue weighted by atomic mass is 19.1. The van der Waals surface area contributed by atoms with Gasteiger partial charge in [-0.25, -0.2) is 9.82 Å². The van der Waals surface area contributed by atoms with E-state index in [0.29, 0.717) is 16.9 Å². The molecule has 0 fully saturated rings. The Hall–Kier alpha value is -2.43. The maximum atomic E-state index is 12.9. The van der Waals surface area contributed by atoms with Gasteiger partial charge in [0.2, 0.25) is 0 Å². The van der Waals surface area contributed by atoms with Crippen LogP contribution in [-0.4, -0.2) is 12.1 Å². The first-order chi connectivity index (χ1) is 8.66. The van der Waals surface area contributed by atoms with Crippen LogP contribution in [0.25, 0.3) is 0 Å². The van der Waals surface area contributed by atoms with Crippen LogP contribution in [0.5, 0.6) is 0 Å². The van der Waals surface area contributed by atoms with Crippen molar-refractivity contribution in [3.05, 3.63) is 59.3 Å². The van der Waals surface area contributed by atoms with E-state index in [2.05, 4.69) is 10.5 Å². The lowest BCUT2D eigenvalue weighted by Crippen LogP contribution is -2.17. The molecular formula is C13H11FN2O2. The van der Waals surface area contributed by atoms with Gasteiger partial charge in [-0.2, -0.15) is 5.10 Å². The van der Waals surface area contributed by atoms with Crippen molar-refractivity contribution in [2.24, 2.45) is 5.10 Å². The molecule has 92 valence electrons. The molecule has 1 aromatic heterocycles. The molecule has 0 unspecified atom stereocenters. The highest BCUT2D eigenvalue weighted by Crippen LogP contribution is 2.08. The van der Waals surface area contributed by atoms with Crippen molar-refractivity contribution in [1.29, 1.82) is 0 Å². The summed E-state index contributed by atoms with van der Waals surface area (Å²) in [6.07, 6.45) is 2.80. The molecule has 0 aliphatic carbocycles. The molecule has 4 nitrogen and oxygen atoms in total. The van der Waals surface area contributed by atoms with Crippen molar-refractivity contribution in [2.45, 2.75) is 6.92 Å². The molecule has 0 bridgehead atoms. The SMILES string of the molecule is Cc1occc1C(=O)N/N=C\c1cccc(F)c1. The molecule has 0 spiro atoms. The number of hydrogen-bond donors (Lipinski definition) is 1. The lowest BCUT2D eigenvalue weighted by molar-refractivity contribution is 0.0953. The third-order valence-corrected chi connectivity index (χ3v) is 2.33. The van der Waals surface area contributed by atoms with Crippen LogP contribution in [0.1, 0.15) is 21.7 Å². The van der Waals surface area contributed by atoms with Crippen LogP contribution < -0.4 is 5.43 Å². The van der Waals surface area contributed by atoms with E-state index in [1.807, 2.05) is 0 Å². The van der Waals surface area contributed by atoms with E-state index in [1.165, 1.54) is 24.6 Å². The largest absolute Gasteiger partial charge is 0.469 e. The lowest BCUT2D eigenvalue weighted by atomic mass is 10.2. The van der Waals surface area contributed by atoms with E-state index in [1.54, 1.807) is 25.1 Å². The van der Waals surface area contributed by atoms with E-state index in [0.717, 1.165) is 0 Å². The minimum Gasteiger partial charge on any atom is -0.469 e. The summed E-state index contributed by atoms with van der Waals surface area (Å²) in [6, 6.07) is 7.46. The number of rotatable bonds is 3. The average molecular weight is 246 g/mol. The van der Waals surface area contributed by atoms with Crippen molar-refractivity contribution < 1.29 is 13.6 Å². The summed E-state index contributed by atoms with van der Waals surface area (Å²) in [5, 5.41) is 3.75. The molecule has 0 saturated heterocycles. The number of benzene rings is 1. The molecule has 0 aliphatic rings. The molecule has 5 heteroatoms. The fraction of sp³-hybridized carbons (Fsp3) is 0.0769. The van der Waals surface area contributed by atoms with Gasteiger partial charge in [0.25, 0.3) is 5.91 Å². The molecule has 1 aromatic carbocycles. The molecule has 1 heterocycles. The Labute approximate surface area is 103 Å². The summed E-state index contributed by atoms with van der Waals surface area (Å²) in [5.74, 6) is -0.196. The van der Waals surface area contributed by atoms with Gasteiger partial charge >= 0.3 is 0 Å². The van der Waals surface area contributed by atoms with Crippen molar-refractivity contribution >= 4 is 12.1 Å². The zero-order chi connectivity index (χ0) is 13.0. The summed E-state index contributed by atoms with van der Waals surface area (Å²) in [7, 11) is 0. The van der Waals surface area contributed by atoms with Crippen LogP contribution in [0.3, 0.4) is 0 Å². The molecule has 0 atom stereocenters. The third-order valence-electron chi connectivity index (χ3n) is 2.33. The molecule has 2 rings (SSSR count). The minimum atomic E-state index is -0.367. The number of hydrazone groups is 1. The van der Waals surface area contributed by atoms with Crippen molar-refractivity contribution in [3.8, 4) is 0 Å². The first-order valence-electron chi connectivity index (χ1n) is 5.30. The topological polar surface area (TPSA) is 54.6 Å². The lowest BCUT2D eigenvalue weighted by Gasteiger charge is -1.97. The van der Waals surface area contributed by atoms with Gasteiger partial charge in [-0.05, 0) is 30.7 Å². The van der Waals surface area contributed by atoms with E-state index in [9.17, 15) is 9.18 Å². The Morgan fingerprint density at radius 2 is 2.28 bits per heavy atom. The Morgan fingerprint density at radius 3 is 2.94 bits per heavy atom. The molecule has 0 saturated carbocycles. The van der Waals surface area contributed by atoms with Gasteiger partial charge in [0.05, 0.1) is 18.0 Å². The standard InChI is InChI=1S/C13H11FN2O2/c1-9-12(5-6-18-9)13(17)16-15-8-10-3-2-4-11(14)7-10/h2-8H,1H3,(H,16,17)/b15-8-. The minimum absolute atomic E-state index is 0.351. The van der Waals surface area contributed by atoms with Crippen LogP contribution in [0, 0.1) is 12.7 Å². The first-order valence-corrected chi connectivity index (χ1v) is 5.30. The highest BCUT2D eigenvalue weighted by molar-refractivity contribution is 5.95. The van der Waals surface area contributed by atoms with E-state index < -0.39 is 0 Å². The quantitative estimate of drug-likeness (QED) is 0.668. The Bertz CT molecular complexity index is 590. The first kappa shape index (κ1) is 12.0. The second-order valence-electron chi connectivity index (χ2n) is 3.64. The fourth-order valence-electron chi connectivity index (χ4n) is 1.43. The van der Waals surface area contributed by atoms with Gasteiger partial charge in [0, 0.05) is 0 Å². The number of aryl methyl sites for hydroxylation is 1. The van der Waals surface area contributed by atoms with Crippen molar-refractivity contribution in [1.82, 2.24) is 5.43 Å². The summed E-state index contributed by atoms with van der Waals surface area (Å²) in [4.78, 5) is 11.6. The summed E-state index contributed by atoms with van der Waals surface area (Å²) < 4.78 is 17.9. The number of halogens is 1. The molecule has 2 aromatic rings. The van der Waals surface area contributed by atoms with Crippen LogP contribution in [0.2, 0.25) is 0 Å². The maximum Gasteiger partial charge on any atom is 0.274 e. The van der Waals surface area contributed by atoms with E-state index >= 15 is 0 Å². The van der Waals surface area contributed by atoms with Crippen LogP contribution in [0.4, 0.5) is 4.39 Å². The number of carbonyl (C=O) groups excluding carboxylic acids is 1. The van der Waals surface area contributed by atoms with Crippen LogP contribution in [-0.2, 0) is 0 Å². The van der Waals surface area contributed by atoms with E-state index in [-0.39, 0.29) is 11.7 Å². The number of hydrogen-bond acceptors (Lipinski definition) is 3. The molecule has 18 heavy (non-hydrogen) atoms. The van der Waals surface area contributed by atoms with Gasteiger partial charge < -0.3 is 4.42 Å². The highest BCUT2D eigenvalue weighted by Gasteiger charge is 2.09. The number of nitrogens with zero attached hydrogens (tertiary/aromatic N) is 1. The summed E-state index contributed by atoms with van der Waals surface area (Å²) in [5.41, 5.74) is 3.33. The fourth-order valence-corrected chi connectivity index (χ4v) is 1.43. The van der Waals surface area contributed by atoms with Crippen LogP contribution in [0.15, 0.2) is 46.1 Å². The Kier molecular flexibility index (Phi) is 3.52. The predicted molar refractivity (Wildman–Crippen MR) is 64.9 cm³/mol. The average Bonchev–Trinajstić information content (AvgIpc) is 2.75. The number of nitrogens with one attached hydrogen (secondary N) is 1. The van der Waals surface area contributed by atoms with Gasteiger partial charge in [-0.1, -0.05) is 12.1 Å². The zero-order valence-corrected chi connectivity index (χ0v) is 9.68. The number of amides is 1. The van der Waals surface area contributed by atoms with Gasteiger partial charge in [-0.3, -0.25) is 4.79 Å². The van der Waals surface area contributed by atoms with Crippen molar-refractivity contribution in [3.63, 3.8) is 0 Å². The molecular weight excluding hydrogens is 235 g/mol. The molecule has 0 radical (unpaired) electrons. The zero-order valence-electron chi connectivity index (χ0n) is 9.68. The summed E-state index contributed by atoms with van der Waals surface area (Å²) in [6.45, 7) is 1.69. The summed E-state index contributed by atoms with van der Waals surface area (Å²) >= 11 is 0. The maximum absolute atomic E-state index is 12.9. The van der Waals surface area contributed by atoms with Gasteiger partial charge in [0.1, 0.15) is 11.6 Å². The Balaban J connectivity index is 2.00. The van der Waals surface area contributed by atoms with E-state index in [4.69, 9.17) is 4.42 Å². The van der Waals surface area contributed by atoms with Gasteiger partial charge in [0.15, 0.2) is 0 Å². The second-order valence-corrected chi connectivity index (χ2v) is 3.64. The van der Waals surface area contributed by atoms with Gasteiger partial charge in [-0.15, -0.1) is 0 Å².